The number of carbonyl (C=O) groups excluding carboxylic acids is 3. The number of aliphatic hydroxyl groups is 2. The van der Waals surface area contributed by atoms with E-state index >= 15 is 0 Å². The average Bonchev–Trinajstić information content (AvgIpc) is 2.93. The van der Waals surface area contributed by atoms with Crippen LogP contribution in [0.5, 0.6) is 0 Å². The van der Waals surface area contributed by atoms with E-state index in [1.54, 1.807) is 26.0 Å². The summed E-state index contributed by atoms with van der Waals surface area (Å²) in [4.78, 5) is 37.5. The first-order chi connectivity index (χ1) is 14.4. The predicted octanol–water partition coefficient (Wildman–Crippen LogP) is 1.99. The van der Waals surface area contributed by atoms with Crippen molar-refractivity contribution in [2.45, 2.75) is 71.4 Å². The van der Waals surface area contributed by atoms with Crippen molar-refractivity contribution in [3.05, 3.63) is 35.5 Å². The molecule has 1 aliphatic carbocycles. The Morgan fingerprint density at radius 2 is 1.97 bits per heavy atom. The van der Waals surface area contributed by atoms with Crippen molar-refractivity contribution in [3.8, 4) is 0 Å². The second-order valence-corrected chi connectivity index (χ2v) is 8.85. The van der Waals surface area contributed by atoms with E-state index in [1.165, 1.54) is 13.8 Å². The van der Waals surface area contributed by atoms with E-state index in [0.29, 0.717) is 18.4 Å². The fourth-order valence-corrected chi connectivity index (χ4v) is 3.46. The molecule has 0 aromatic rings. The summed E-state index contributed by atoms with van der Waals surface area (Å²) in [6.45, 7) is 11.1. The van der Waals surface area contributed by atoms with Crippen LogP contribution in [0, 0.1) is 11.8 Å². The molecule has 0 spiro atoms. The van der Waals surface area contributed by atoms with Crippen LogP contribution in [0.3, 0.4) is 0 Å². The van der Waals surface area contributed by atoms with Crippen molar-refractivity contribution in [2.24, 2.45) is 11.8 Å². The third-order valence-corrected chi connectivity index (χ3v) is 5.31. The lowest BCUT2D eigenvalue weighted by Crippen LogP contribution is -2.48. The molecule has 1 heterocycles. The fourth-order valence-electron chi connectivity index (χ4n) is 3.46. The highest BCUT2D eigenvalue weighted by molar-refractivity contribution is 5.91. The Bertz CT molecular complexity index is 799. The van der Waals surface area contributed by atoms with Crippen LogP contribution in [-0.2, 0) is 28.6 Å². The minimum absolute atomic E-state index is 0.0813. The third kappa shape index (κ3) is 5.83. The molecule has 1 aliphatic heterocycles. The maximum absolute atomic E-state index is 12.6. The fraction of sp³-hybridized carbons (Fsp3) is 0.609. The molecule has 31 heavy (non-hydrogen) atoms. The van der Waals surface area contributed by atoms with Crippen LogP contribution in [0.15, 0.2) is 35.5 Å². The summed E-state index contributed by atoms with van der Waals surface area (Å²) in [6, 6.07) is 0. The lowest BCUT2D eigenvalue weighted by molar-refractivity contribution is -0.182. The van der Waals surface area contributed by atoms with Crippen molar-refractivity contribution in [3.63, 3.8) is 0 Å². The Hall–Kier alpha value is -2.45. The molecule has 2 aliphatic rings. The first-order valence-electron chi connectivity index (χ1n) is 10.4. The van der Waals surface area contributed by atoms with Crippen LogP contribution in [-0.4, -0.2) is 58.6 Å². The number of carbonyl (C=O) groups is 3. The summed E-state index contributed by atoms with van der Waals surface area (Å²) in [5.41, 5.74) is -0.485. The summed E-state index contributed by atoms with van der Waals surface area (Å²) >= 11 is 0. The summed E-state index contributed by atoms with van der Waals surface area (Å²) in [5.74, 6) is -3.50. The Labute approximate surface area is 182 Å². The standard InChI is InChI=1S/C23H32O8/c1-12(2)20(25)30-19-17-14(4)21(26)29-16(17)10-13(3)8-7-9-15(11-24)18(19)31-22(27)23(5,6)28/h9-10,12,16-19,24,28H,4,7-8,11H2,1-3,5-6H3/b13-10+,15-9-. The minimum Gasteiger partial charge on any atom is -0.457 e. The number of ether oxygens (including phenoxy) is 3. The molecule has 0 amide bonds. The van der Waals surface area contributed by atoms with Gasteiger partial charge in [-0.1, -0.05) is 32.1 Å². The van der Waals surface area contributed by atoms with Gasteiger partial charge in [0.05, 0.1) is 18.4 Å². The molecule has 0 aromatic heterocycles. The van der Waals surface area contributed by atoms with Gasteiger partial charge in [0.25, 0.3) is 0 Å². The van der Waals surface area contributed by atoms with Crippen LogP contribution < -0.4 is 0 Å². The van der Waals surface area contributed by atoms with E-state index in [4.69, 9.17) is 14.2 Å². The van der Waals surface area contributed by atoms with Gasteiger partial charge in [0.2, 0.25) is 0 Å². The number of esters is 3. The number of fused-ring (bicyclic) bond motifs is 1. The van der Waals surface area contributed by atoms with E-state index < -0.39 is 60.3 Å². The summed E-state index contributed by atoms with van der Waals surface area (Å²) in [6.07, 6.45) is 1.44. The van der Waals surface area contributed by atoms with Crippen LogP contribution in [0.2, 0.25) is 0 Å². The number of aliphatic hydroxyl groups excluding tert-OH is 1. The van der Waals surface area contributed by atoms with Crippen molar-refractivity contribution >= 4 is 17.9 Å². The van der Waals surface area contributed by atoms with Crippen LogP contribution in [0.25, 0.3) is 0 Å². The monoisotopic (exact) mass is 436 g/mol. The molecule has 0 aromatic carbocycles. The van der Waals surface area contributed by atoms with Crippen molar-refractivity contribution < 1.29 is 38.8 Å². The first-order valence-corrected chi connectivity index (χ1v) is 10.4. The highest BCUT2D eigenvalue weighted by Gasteiger charge is 2.50. The Kier molecular flexibility index (Phi) is 7.83. The predicted molar refractivity (Wildman–Crippen MR) is 112 cm³/mol. The SMILES string of the molecule is C=C1C(=O)OC2/C=C(\C)CC/C=C(/CO)C(OC(=O)C(C)(C)O)C(OC(=O)C(C)C)C12. The highest BCUT2D eigenvalue weighted by Crippen LogP contribution is 2.38. The van der Waals surface area contributed by atoms with Gasteiger partial charge in [-0.3, -0.25) is 4.79 Å². The zero-order chi connectivity index (χ0) is 23.5. The third-order valence-electron chi connectivity index (χ3n) is 5.31. The molecular weight excluding hydrogens is 404 g/mol. The van der Waals surface area contributed by atoms with Crippen LogP contribution in [0.1, 0.15) is 47.5 Å². The Morgan fingerprint density at radius 1 is 1.32 bits per heavy atom. The van der Waals surface area contributed by atoms with E-state index in [2.05, 4.69) is 6.58 Å². The van der Waals surface area contributed by atoms with Gasteiger partial charge in [0.1, 0.15) is 6.10 Å². The van der Waals surface area contributed by atoms with E-state index in [1.807, 2.05) is 6.92 Å². The summed E-state index contributed by atoms with van der Waals surface area (Å²) < 4.78 is 16.8. The van der Waals surface area contributed by atoms with Gasteiger partial charge in [0, 0.05) is 5.57 Å². The zero-order valence-corrected chi connectivity index (χ0v) is 18.7. The van der Waals surface area contributed by atoms with Crippen molar-refractivity contribution in [1.29, 1.82) is 0 Å². The molecule has 4 unspecified atom stereocenters. The van der Waals surface area contributed by atoms with Crippen molar-refractivity contribution in [2.75, 3.05) is 6.61 Å². The zero-order valence-electron chi connectivity index (χ0n) is 18.7. The molecule has 0 saturated carbocycles. The van der Waals surface area contributed by atoms with E-state index in [0.717, 1.165) is 5.57 Å². The molecule has 172 valence electrons. The molecule has 4 atom stereocenters. The van der Waals surface area contributed by atoms with Gasteiger partial charge >= 0.3 is 17.9 Å². The molecule has 0 radical (unpaired) electrons. The van der Waals surface area contributed by atoms with Gasteiger partial charge < -0.3 is 24.4 Å². The molecular formula is C23H32O8. The van der Waals surface area contributed by atoms with Gasteiger partial charge in [-0.2, -0.15) is 0 Å². The lowest BCUT2D eigenvalue weighted by Gasteiger charge is -2.35. The maximum Gasteiger partial charge on any atom is 0.338 e. The second kappa shape index (κ2) is 9.78. The van der Waals surface area contributed by atoms with Crippen molar-refractivity contribution in [1.82, 2.24) is 0 Å². The Balaban J connectivity index is 2.64. The molecule has 2 N–H and O–H groups in total. The first kappa shape index (κ1) is 24.8. The van der Waals surface area contributed by atoms with Crippen LogP contribution in [0.4, 0.5) is 0 Å². The normalized spacial score (nSPS) is 30.5. The molecule has 1 saturated heterocycles. The van der Waals surface area contributed by atoms with Gasteiger partial charge in [-0.05, 0) is 45.3 Å². The summed E-state index contributed by atoms with van der Waals surface area (Å²) in [5, 5.41) is 20.1. The minimum atomic E-state index is -1.82. The topological polar surface area (TPSA) is 119 Å². The number of hydrogen-bond acceptors (Lipinski definition) is 8. The largest absolute Gasteiger partial charge is 0.457 e. The maximum atomic E-state index is 12.6. The smallest absolute Gasteiger partial charge is 0.338 e. The lowest BCUT2D eigenvalue weighted by atomic mass is 9.83. The molecule has 2 rings (SSSR count). The molecule has 0 bridgehead atoms. The molecule has 1 fully saturated rings. The number of rotatable bonds is 5. The average molecular weight is 437 g/mol. The van der Waals surface area contributed by atoms with Crippen LogP contribution >= 0.6 is 0 Å². The molecule has 8 nitrogen and oxygen atoms in total. The Morgan fingerprint density at radius 3 is 2.52 bits per heavy atom. The quantitative estimate of drug-likeness (QED) is 0.291. The molecule has 8 heteroatoms. The van der Waals surface area contributed by atoms with E-state index in [9.17, 15) is 24.6 Å². The number of allylic oxidation sites excluding steroid dienone is 2. The van der Waals surface area contributed by atoms with Gasteiger partial charge in [0.15, 0.2) is 17.8 Å². The highest BCUT2D eigenvalue weighted by atomic mass is 16.6. The summed E-state index contributed by atoms with van der Waals surface area (Å²) in [7, 11) is 0. The second-order valence-electron chi connectivity index (χ2n) is 8.85. The van der Waals surface area contributed by atoms with Gasteiger partial charge in [-0.15, -0.1) is 0 Å². The number of hydrogen-bond donors (Lipinski definition) is 2. The van der Waals surface area contributed by atoms with Gasteiger partial charge in [-0.25, -0.2) is 9.59 Å². The van der Waals surface area contributed by atoms with E-state index in [-0.39, 0.29) is 5.57 Å².